The van der Waals surface area contributed by atoms with Crippen LogP contribution in [0.15, 0.2) is 24.3 Å². The van der Waals surface area contributed by atoms with Crippen molar-refractivity contribution in [1.29, 1.82) is 0 Å². The van der Waals surface area contributed by atoms with E-state index in [0.717, 1.165) is 38.8 Å². The van der Waals surface area contributed by atoms with Crippen LogP contribution < -0.4 is 4.74 Å². The number of likely N-dealkylation sites (tertiary alicyclic amines) is 1. The van der Waals surface area contributed by atoms with E-state index in [-0.39, 0.29) is 17.6 Å². The minimum Gasteiger partial charge on any atom is -0.486 e. The van der Waals surface area contributed by atoms with Gasteiger partial charge in [0.25, 0.3) is 0 Å². The van der Waals surface area contributed by atoms with E-state index in [1.165, 1.54) is 0 Å². The third-order valence-corrected chi connectivity index (χ3v) is 6.34. The summed E-state index contributed by atoms with van der Waals surface area (Å²) in [6, 6.07) is 7.53. The Balaban J connectivity index is 1.42. The normalized spacial score (nSPS) is 37.5. The zero-order valence-electron chi connectivity index (χ0n) is 13.2. The Hall–Kier alpha value is -1.84. The smallest absolute Gasteiger partial charge is 0.226 e. The molecule has 2 heterocycles. The van der Waals surface area contributed by atoms with Crippen LogP contribution in [0.2, 0.25) is 0 Å². The molecule has 4 aliphatic rings. The molecule has 0 radical (unpaired) electrons. The summed E-state index contributed by atoms with van der Waals surface area (Å²) in [7, 11) is 0. The highest BCUT2D eigenvalue weighted by Crippen LogP contribution is 2.66. The Morgan fingerprint density at radius 1 is 1.22 bits per heavy atom. The number of carbonyl (C=O) groups is 2. The monoisotopic (exact) mass is 311 g/mol. The summed E-state index contributed by atoms with van der Waals surface area (Å²) in [4.78, 5) is 27.4. The van der Waals surface area contributed by atoms with Crippen molar-refractivity contribution in [3.8, 4) is 5.75 Å². The number of rotatable bonds is 1. The molecule has 23 heavy (non-hydrogen) atoms. The lowest BCUT2D eigenvalue weighted by Crippen LogP contribution is -2.44. The van der Waals surface area contributed by atoms with Gasteiger partial charge in [-0.25, -0.2) is 0 Å². The zero-order chi connectivity index (χ0) is 15.6. The number of nitrogens with zero attached hydrogens (tertiary/aromatic N) is 1. The molecule has 3 fully saturated rings. The molecule has 1 aromatic rings. The van der Waals surface area contributed by atoms with Gasteiger partial charge in [0.1, 0.15) is 11.4 Å². The van der Waals surface area contributed by atoms with Gasteiger partial charge in [0, 0.05) is 24.9 Å². The first-order valence-electron chi connectivity index (χ1n) is 8.80. The molecule has 0 aromatic heterocycles. The Morgan fingerprint density at radius 2 is 2.00 bits per heavy atom. The van der Waals surface area contributed by atoms with Crippen molar-refractivity contribution in [2.24, 2.45) is 17.8 Å². The van der Waals surface area contributed by atoms with E-state index in [1.807, 2.05) is 29.2 Å². The van der Waals surface area contributed by atoms with E-state index < -0.39 is 5.60 Å². The lowest BCUT2D eigenvalue weighted by Gasteiger charge is -2.37. The van der Waals surface area contributed by atoms with E-state index in [1.54, 1.807) is 0 Å². The van der Waals surface area contributed by atoms with Crippen LogP contribution in [0.25, 0.3) is 0 Å². The van der Waals surface area contributed by atoms with Gasteiger partial charge in [-0.05, 0) is 43.7 Å². The predicted molar refractivity (Wildman–Crippen MR) is 84.3 cm³/mol. The molecule has 2 aliphatic heterocycles. The largest absolute Gasteiger partial charge is 0.486 e. The van der Waals surface area contributed by atoms with E-state index in [9.17, 15) is 9.59 Å². The maximum absolute atomic E-state index is 12.8. The quantitative estimate of drug-likeness (QED) is 0.801. The Bertz CT molecular complexity index is 694. The maximum atomic E-state index is 12.8. The number of ether oxygens (including phenoxy) is 1. The molecule has 1 saturated heterocycles. The van der Waals surface area contributed by atoms with Crippen LogP contribution >= 0.6 is 0 Å². The zero-order valence-corrected chi connectivity index (χ0v) is 13.2. The van der Waals surface area contributed by atoms with E-state index >= 15 is 0 Å². The highest BCUT2D eigenvalue weighted by Gasteiger charge is 2.71. The molecule has 4 nitrogen and oxygen atoms in total. The molecule has 4 atom stereocenters. The first-order chi connectivity index (χ1) is 11.2. The molecular formula is C19H21NO3. The number of fused-ring (bicyclic) bond motifs is 3. The molecule has 2 aliphatic carbocycles. The average molecular weight is 311 g/mol. The molecule has 4 unspecified atom stereocenters. The highest BCUT2D eigenvalue weighted by atomic mass is 16.5. The average Bonchev–Trinajstić information content (AvgIpc) is 2.89. The molecule has 5 rings (SSSR count). The number of Topliss-reactive ketones (excluding diaryl/α,β-unsaturated/α-hetero) is 1. The van der Waals surface area contributed by atoms with Gasteiger partial charge in [-0.3, -0.25) is 9.59 Å². The molecule has 2 saturated carbocycles. The Morgan fingerprint density at radius 3 is 2.83 bits per heavy atom. The molecule has 0 bridgehead atoms. The van der Waals surface area contributed by atoms with Gasteiger partial charge in [0.15, 0.2) is 5.78 Å². The van der Waals surface area contributed by atoms with E-state index in [4.69, 9.17) is 4.74 Å². The second-order valence-electron chi connectivity index (χ2n) is 7.55. The summed E-state index contributed by atoms with van der Waals surface area (Å²) < 4.78 is 6.36. The molecule has 4 heteroatoms. The topological polar surface area (TPSA) is 46.6 Å². The highest BCUT2D eigenvalue weighted by molar-refractivity contribution is 6.00. The van der Waals surface area contributed by atoms with Gasteiger partial charge in [-0.2, -0.15) is 0 Å². The molecule has 120 valence electrons. The number of carbonyl (C=O) groups excluding carboxylic acids is 2. The SMILES string of the molecule is O=C1CC2(CCC3C(C(=O)N4CCCC4)C32)Oc2ccccc21. The number of amides is 1. The first-order valence-corrected chi connectivity index (χ1v) is 8.80. The number of benzene rings is 1. The lowest BCUT2D eigenvalue weighted by molar-refractivity contribution is -0.133. The van der Waals surface area contributed by atoms with Crippen LogP contribution in [0.1, 0.15) is 42.5 Å². The van der Waals surface area contributed by atoms with E-state index in [2.05, 4.69) is 0 Å². The van der Waals surface area contributed by atoms with Gasteiger partial charge < -0.3 is 9.64 Å². The number of ketones is 1. The first kappa shape index (κ1) is 13.6. The predicted octanol–water partition coefficient (Wildman–Crippen LogP) is 2.67. The fourth-order valence-electron chi connectivity index (χ4n) is 5.25. The Labute approximate surface area is 135 Å². The van der Waals surface area contributed by atoms with E-state index in [0.29, 0.717) is 29.6 Å². The molecule has 1 aromatic carbocycles. The summed E-state index contributed by atoms with van der Waals surface area (Å²) in [6.45, 7) is 1.81. The van der Waals surface area contributed by atoms with Crippen molar-refractivity contribution in [2.75, 3.05) is 13.1 Å². The molecule has 0 N–H and O–H groups in total. The van der Waals surface area contributed by atoms with Crippen molar-refractivity contribution in [3.05, 3.63) is 29.8 Å². The number of hydrogen-bond acceptors (Lipinski definition) is 3. The van der Waals surface area contributed by atoms with Crippen LogP contribution in [-0.4, -0.2) is 35.3 Å². The van der Waals surface area contributed by atoms with Gasteiger partial charge >= 0.3 is 0 Å². The van der Waals surface area contributed by atoms with Crippen molar-refractivity contribution in [3.63, 3.8) is 0 Å². The fraction of sp³-hybridized carbons (Fsp3) is 0.579. The number of para-hydroxylation sites is 1. The van der Waals surface area contributed by atoms with Crippen molar-refractivity contribution in [1.82, 2.24) is 4.90 Å². The summed E-state index contributed by atoms with van der Waals surface area (Å²) in [5.41, 5.74) is 0.278. The standard InChI is InChI=1S/C19H21NO3/c21-14-11-19(23-15-6-2-1-5-12(14)15)8-7-13-16(17(13)19)18(22)20-9-3-4-10-20/h1-2,5-6,13,16-17H,3-4,7-11H2. The van der Waals surface area contributed by atoms with Gasteiger partial charge in [0.2, 0.25) is 5.91 Å². The van der Waals surface area contributed by atoms with Gasteiger partial charge in [-0.15, -0.1) is 0 Å². The van der Waals surface area contributed by atoms with Crippen LogP contribution in [0.4, 0.5) is 0 Å². The molecular weight excluding hydrogens is 290 g/mol. The minimum absolute atomic E-state index is 0.0971. The van der Waals surface area contributed by atoms with Crippen LogP contribution in [0, 0.1) is 17.8 Å². The lowest BCUT2D eigenvalue weighted by atomic mass is 9.84. The van der Waals surface area contributed by atoms with Crippen LogP contribution in [0.5, 0.6) is 5.75 Å². The van der Waals surface area contributed by atoms with Crippen molar-refractivity contribution < 1.29 is 14.3 Å². The molecule has 1 spiro atoms. The van der Waals surface area contributed by atoms with Crippen molar-refractivity contribution in [2.45, 2.75) is 37.7 Å². The minimum atomic E-state index is -0.420. The summed E-state index contributed by atoms with van der Waals surface area (Å²) in [5.74, 6) is 1.97. The number of hydrogen-bond donors (Lipinski definition) is 0. The van der Waals surface area contributed by atoms with Crippen LogP contribution in [0.3, 0.4) is 0 Å². The summed E-state index contributed by atoms with van der Waals surface area (Å²) >= 11 is 0. The Kier molecular flexibility index (Phi) is 2.71. The van der Waals surface area contributed by atoms with Gasteiger partial charge in [0.05, 0.1) is 12.0 Å². The summed E-state index contributed by atoms with van der Waals surface area (Å²) in [6.07, 6.45) is 4.62. The fourth-order valence-corrected chi connectivity index (χ4v) is 5.25. The van der Waals surface area contributed by atoms with Gasteiger partial charge in [-0.1, -0.05) is 12.1 Å². The van der Waals surface area contributed by atoms with Crippen molar-refractivity contribution >= 4 is 11.7 Å². The summed E-state index contributed by atoms with van der Waals surface area (Å²) in [5, 5.41) is 0. The third-order valence-electron chi connectivity index (χ3n) is 6.34. The second kappa shape index (κ2) is 4.59. The third kappa shape index (κ3) is 1.84. The second-order valence-corrected chi connectivity index (χ2v) is 7.55. The maximum Gasteiger partial charge on any atom is 0.226 e. The molecule has 1 amide bonds. The van der Waals surface area contributed by atoms with Crippen LogP contribution in [-0.2, 0) is 4.79 Å².